The standard InChI is InChI=1S/C27H34N2O3/c1-26(2,3)32-25(31)29-23(17-21(24(29)30)18-28(6)7)27(4,5)22-15-13-20(14-16-22)19-11-9-8-10-12-19/h8-16,18,23H,17H2,1-7H3. The molecule has 1 fully saturated rings. The molecule has 3 rings (SSSR count). The first-order valence-corrected chi connectivity index (χ1v) is 11.0. The maximum absolute atomic E-state index is 13.2. The quantitative estimate of drug-likeness (QED) is 0.587. The summed E-state index contributed by atoms with van der Waals surface area (Å²) in [5.74, 6) is -0.285. The van der Waals surface area contributed by atoms with E-state index in [-0.39, 0.29) is 11.9 Å². The summed E-state index contributed by atoms with van der Waals surface area (Å²) in [4.78, 5) is 29.4. The molecule has 2 amide bonds. The SMILES string of the molecule is CN(C)C=C1CC(C(C)(C)c2ccc(-c3ccccc3)cc2)N(C(=O)OC(C)(C)C)C1=O. The smallest absolute Gasteiger partial charge is 0.417 e. The van der Waals surface area contributed by atoms with Crippen molar-refractivity contribution in [2.75, 3.05) is 14.1 Å². The van der Waals surface area contributed by atoms with E-state index in [2.05, 4.69) is 50.2 Å². The van der Waals surface area contributed by atoms with Gasteiger partial charge in [0.15, 0.2) is 0 Å². The molecular weight excluding hydrogens is 400 g/mol. The second kappa shape index (κ2) is 8.81. The molecule has 2 aromatic carbocycles. The Kier molecular flexibility index (Phi) is 6.49. The Hall–Kier alpha value is -3.08. The third-order valence-corrected chi connectivity index (χ3v) is 5.79. The molecule has 0 spiro atoms. The molecule has 1 saturated heterocycles. The summed E-state index contributed by atoms with van der Waals surface area (Å²) in [6.07, 6.45) is 1.68. The Bertz CT molecular complexity index is 999. The van der Waals surface area contributed by atoms with E-state index in [4.69, 9.17) is 4.74 Å². The molecule has 0 N–H and O–H groups in total. The second-order valence-corrected chi connectivity index (χ2v) is 10.2. The highest BCUT2D eigenvalue weighted by molar-refractivity contribution is 6.05. The zero-order chi connectivity index (χ0) is 23.7. The van der Waals surface area contributed by atoms with Gasteiger partial charge in [0.25, 0.3) is 5.91 Å². The molecule has 0 bridgehead atoms. The van der Waals surface area contributed by atoms with Crippen LogP contribution in [0.2, 0.25) is 0 Å². The van der Waals surface area contributed by atoms with Gasteiger partial charge in [-0.15, -0.1) is 0 Å². The largest absolute Gasteiger partial charge is 0.443 e. The van der Waals surface area contributed by atoms with E-state index in [1.165, 1.54) is 4.90 Å². The third-order valence-electron chi connectivity index (χ3n) is 5.79. The molecule has 0 aromatic heterocycles. The van der Waals surface area contributed by atoms with E-state index < -0.39 is 17.1 Å². The Morgan fingerprint density at radius 2 is 1.53 bits per heavy atom. The van der Waals surface area contributed by atoms with E-state index >= 15 is 0 Å². The Morgan fingerprint density at radius 3 is 2.06 bits per heavy atom. The number of carbonyl (C=O) groups excluding carboxylic acids is 2. The number of hydrogen-bond donors (Lipinski definition) is 0. The molecule has 1 unspecified atom stereocenters. The van der Waals surface area contributed by atoms with Gasteiger partial charge in [0.1, 0.15) is 5.60 Å². The van der Waals surface area contributed by atoms with E-state index in [9.17, 15) is 9.59 Å². The number of ether oxygens (including phenoxy) is 1. The minimum Gasteiger partial charge on any atom is -0.443 e. The highest BCUT2D eigenvalue weighted by Crippen LogP contribution is 2.40. The summed E-state index contributed by atoms with van der Waals surface area (Å²) in [5.41, 5.74) is 2.81. The Morgan fingerprint density at radius 1 is 0.969 bits per heavy atom. The molecule has 170 valence electrons. The van der Waals surface area contributed by atoms with Crippen molar-refractivity contribution in [3.63, 3.8) is 0 Å². The van der Waals surface area contributed by atoms with Crippen LogP contribution in [0.3, 0.4) is 0 Å². The number of imide groups is 1. The van der Waals surface area contributed by atoms with Crippen molar-refractivity contribution in [1.29, 1.82) is 0 Å². The number of nitrogens with zero attached hydrogens (tertiary/aromatic N) is 2. The molecule has 32 heavy (non-hydrogen) atoms. The molecular formula is C27H34N2O3. The number of hydrogen-bond acceptors (Lipinski definition) is 4. The molecule has 2 aromatic rings. The lowest BCUT2D eigenvalue weighted by Gasteiger charge is -2.37. The lowest BCUT2D eigenvalue weighted by Crippen LogP contribution is -2.49. The van der Waals surface area contributed by atoms with Crippen molar-refractivity contribution in [3.05, 3.63) is 71.9 Å². The number of likely N-dealkylation sites (tertiary alicyclic amines) is 1. The van der Waals surface area contributed by atoms with Crippen LogP contribution < -0.4 is 0 Å². The van der Waals surface area contributed by atoms with Crippen LogP contribution in [-0.2, 0) is 14.9 Å². The van der Waals surface area contributed by atoms with Crippen molar-refractivity contribution in [2.24, 2.45) is 0 Å². The number of carbonyl (C=O) groups is 2. The van der Waals surface area contributed by atoms with E-state index in [0.717, 1.165) is 16.7 Å². The molecule has 1 heterocycles. The van der Waals surface area contributed by atoms with Gasteiger partial charge < -0.3 is 9.64 Å². The molecule has 1 atom stereocenters. The fourth-order valence-corrected chi connectivity index (χ4v) is 4.12. The molecule has 0 radical (unpaired) electrons. The zero-order valence-corrected chi connectivity index (χ0v) is 20.2. The van der Waals surface area contributed by atoms with Crippen LogP contribution in [0.1, 0.15) is 46.6 Å². The van der Waals surface area contributed by atoms with Crippen LogP contribution in [-0.4, -0.2) is 47.5 Å². The van der Waals surface area contributed by atoms with Gasteiger partial charge in [0.05, 0.1) is 6.04 Å². The molecule has 5 nitrogen and oxygen atoms in total. The maximum atomic E-state index is 13.2. The number of amides is 2. The predicted octanol–water partition coefficient (Wildman–Crippen LogP) is 5.61. The summed E-state index contributed by atoms with van der Waals surface area (Å²) in [5, 5.41) is 0. The summed E-state index contributed by atoms with van der Waals surface area (Å²) in [7, 11) is 3.75. The molecule has 0 saturated carbocycles. The van der Waals surface area contributed by atoms with Gasteiger partial charge in [0, 0.05) is 37.7 Å². The lowest BCUT2D eigenvalue weighted by atomic mass is 9.76. The minimum absolute atomic E-state index is 0.285. The molecule has 1 aliphatic heterocycles. The van der Waals surface area contributed by atoms with Gasteiger partial charge in [-0.3, -0.25) is 4.79 Å². The van der Waals surface area contributed by atoms with E-state index in [1.54, 1.807) is 6.20 Å². The van der Waals surface area contributed by atoms with Gasteiger partial charge in [-0.05, 0) is 37.5 Å². The Labute approximate surface area is 191 Å². The van der Waals surface area contributed by atoms with Crippen LogP contribution in [0.15, 0.2) is 66.4 Å². The molecule has 1 aliphatic rings. The van der Waals surface area contributed by atoms with Crippen LogP contribution >= 0.6 is 0 Å². The average Bonchev–Trinajstić information content (AvgIpc) is 3.04. The molecule has 5 heteroatoms. The first-order chi connectivity index (χ1) is 14.9. The fourth-order valence-electron chi connectivity index (χ4n) is 4.12. The van der Waals surface area contributed by atoms with Crippen molar-refractivity contribution < 1.29 is 14.3 Å². The highest BCUT2D eigenvalue weighted by Gasteiger charge is 2.49. The average molecular weight is 435 g/mol. The van der Waals surface area contributed by atoms with Crippen molar-refractivity contribution in [2.45, 2.75) is 58.1 Å². The van der Waals surface area contributed by atoms with Crippen LogP contribution in [0.4, 0.5) is 4.79 Å². The minimum atomic E-state index is -0.683. The first-order valence-electron chi connectivity index (χ1n) is 11.0. The number of rotatable bonds is 4. The third kappa shape index (κ3) is 5.04. The maximum Gasteiger partial charge on any atom is 0.417 e. The van der Waals surface area contributed by atoms with Gasteiger partial charge in [-0.1, -0.05) is 68.4 Å². The van der Waals surface area contributed by atoms with E-state index in [1.807, 2.05) is 58.0 Å². The van der Waals surface area contributed by atoms with Gasteiger partial charge in [-0.25, -0.2) is 9.69 Å². The summed E-state index contributed by atoms with van der Waals surface area (Å²) >= 11 is 0. The van der Waals surface area contributed by atoms with Crippen LogP contribution in [0.25, 0.3) is 11.1 Å². The van der Waals surface area contributed by atoms with Crippen molar-refractivity contribution in [3.8, 4) is 11.1 Å². The second-order valence-electron chi connectivity index (χ2n) is 10.2. The first kappa shape index (κ1) is 23.6. The summed E-state index contributed by atoms with van der Waals surface area (Å²) in [6.45, 7) is 9.59. The van der Waals surface area contributed by atoms with Gasteiger partial charge >= 0.3 is 6.09 Å². The summed E-state index contributed by atoms with van der Waals surface area (Å²) in [6, 6.07) is 18.2. The topological polar surface area (TPSA) is 49.9 Å². The van der Waals surface area contributed by atoms with E-state index in [0.29, 0.717) is 12.0 Å². The van der Waals surface area contributed by atoms with Crippen molar-refractivity contribution >= 4 is 12.0 Å². The monoisotopic (exact) mass is 434 g/mol. The predicted molar refractivity (Wildman–Crippen MR) is 128 cm³/mol. The normalized spacial score (nSPS) is 18.2. The van der Waals surface area contributed by atoms with Crippen LogP contribution in [0.5, 0.6) is 0 Å². The highest BCUT2D eigenvalue weighted by atomic mass is 16.6. The van der Waals surface area contributed by atoms with Crippen molar-refractivity contribution in [1.82, 2.24) is 9.80 Å². The zero-order valence-electron chi connectivity index (χ0n) is 20.2. The lowest BCUT2D eigenvalue weighted by molar-refractivity contribution is -0.126. The molecule has 0 aliphatic carbocycles. The van der Waals surface area contributed by atoms with Gasteiger partial charge in [0.2, 0.25) is 0 Å². The Balaban J connectivity index is 1.97. The van der Waals surface area contributed by atoms with Gasteiger partial charge in [-0.2, -0.15) is 0 Å². The fraction of sp³-hybridized carbons (Fsp3) is 0.407. The van der Waals surface area contributed by atoms with Crippen LogP contribution in [0, 0.1) is 0 Å². The number of benzene rings is 2. The summed E-state index contributed by atoms with van der Waals surface area (Å²) < 4.78 is 5.61.